The average molecular weight is 329 g/mol. The van der Waals surface area contributed by atoms with Gasteiger partial charge in [0, 0.05) is 16.9 Å². The van der Waals surface area contributed by atoms with Gasteiger partial charge >= 0.3 is 0 Å². The standard InChI is InChI=1S/C14H15BrClNO/c1-10(4-6-12-3-2-8-18-12)17-14-7-5-11(15)9-13(14)16/h2-3,5,7-10,17H,4,6H2,1H3. The van der Waals surface area contributed by atoms with E-state index in [4.69, 9.17) is 16.0 Å². The molecule has 2 nitrogen and oxygen atoms in total. The first-order valence-corrected chi connectivity index (χ1v) is 7.06. The number of hydrogen-bond acceptors (Lipinski definition) is 2. The number of benzene rings is 1. The van der Waals surface area contributed by atoms with Crippen LogP contribution in [0.5, 0.6) is 0 Å². The topological polar surface area (TPSA) is 25.2 Å². The van der Waals surface area contributed by atoms with E-state index in [9.17, 15) is 0 Å². The lowest BCUT2D eigenvalue weighted by atomic mass is 10.1. The molecule has 0 aliphatic carbocycles. The van der Waals surface area contributed by atoms with Crippen LogP contribution in [-0.2, 0) is 6.42 Å². The Hall–Kier alpha value is -0.930. The molecule has 4 heteroatoms. The minimum absolute atomic E-state index is 0.341. The third kappa shape index (κ3) is 3.79. The summed E-state index contributed by atoms with van der Waals surface area (Å²) in [6.45, 7) is 2.14. The molecule has 0 saturated heterocycles. The van der Waals surface area contributed by atoms with Gasteiger partial charge in [-0.1, -0.05) is 27.5 Å². The van der Waals surface area contributed by atoms with Gasteiger partial charge in [-0.3, -0.25) is 0 Å². The molecule has 0 saturated carbocycles. The summed E-state index contributed by atoms with van der Waals surface area (Å²) in [6, 6.07) is 10.1. The van der Waals surface area contributed by atoms with Gasteiger partial charge in [-0.05, 0) is 43.7 Å². The first-order valence-electron chi connectivity index (χ1n) is 5.89. The van der Waals surface area contributed by atoms with Gasteiger partial charge in [0.1, 0.15) is 5.76 Å². The van der Waals surface area contributed by atoms with Crippen LogP contribution in [0.1, 0.15) is 19.1 Å². The van der Waals surface area contributed by atoms with Crippen molar-refractivity contribution in [3.63, 3.8) is 0 Å². The summed E-state index contributed by atoms with van der Waals surface area (Å²) in [5.41, 5.74) is 0.965. The maximum Gasteiger partial charge on any atom is 0.103 e. The quantitative estimate of drug-likeness (QED) is 0.823. The summed E-state index contributed by atoms with van der Waals surface area (Å²) < 4.78 is 6.30. The molecule has 0 spiro atoms. The van der Waals surface area contributed by atoms with Gasteiger partial charge < -0.3 is 9.73 Å². The van der Waals surface area contributed by atoms with Crippen molar-refractivity contribution in [2.45, 2.75) is 25.8 Å². The van der Waals surface area contributed by atoms with Crippen LogP contribution in [0.25, 0.3) is 0 Å². The van der Waals surface area contributed by atoms with Gasteiger partial charge in [0.05, 0.1) is 17.0 Å². The van der Waals surface area contributed by atoms with E-state index < -0.39 is 0 Å². The van der Waals surface area contributed by atoms with E-state index in [2.05, 4.69) is 28.2 Å². The second kappa shape index (κ2) is 6.30. The van der Waals surface area contributed by atoms with Crippen LogP contribution >= 0.6 is 27.5 Å². The van der Waals surface area contributed by atoms with Crippen molar-refractivity contribution in [3.8, 4) is 0 Å². The Morgan fingerprint density at radius 3 is 2.89 bits per heavy atom. The highest BCUT2D eigenvalue weighted by Crippen LogP contribution is 2.26. The molecule has 1 atom stereocenters. The molecule has 2 aromatic rings. The molecule has 0 amide bonds. The zero-order valence-corrected chi connectivity index (χ0v) is 12.5. The van der Waals surface area contributed by atoms with Crippen LogP contribution in [0, 0.1) is 0 Å². The van der Waals surface area contributed by atoms with E-state index in [0.29, 0.717) is 6.04 Å². The number of halogens is 2. The van der Waals surface area contributed by atoms with Crippen LogP contribution < -0.4 is 5.32 Å². The Morgan fingerprint density at radius 1 is 1.39 bits per heavy atom. The molecule has 18 heavy (non-hydrogen) atoms. The molecule has 0 aliphatic rings. The zero-order chi connectivity index (χ0) is 13.0. The fourth-order valence-corrected chi connectivity index (χ4v) is 2.49. The Bertz CT molecular complexity index is 499. The first kappa shape index (κ1) is 13.5. The third-order valence-corrected chi connectivity index (χ3v) is 3.54. The number of rotatable bonds is 5. The monoisotopic (exact) mass is 327 g/mol. The van der Waals surface area contributed by atoms with Crippen LogP contribution in [0.15, 0.2) is 45.5 Å². The number of hydrogen-bond donors (Lipinski definition) is 1. The molecule has 1 unspecified atom stereocenters. The van der Waals surface area contributed by atoms with Crippen LogP contribution in [0.2, 0.25) is 5.02 Å². The van der Waals surface area contributed by atoms with E-state index in [1.54, 1.807) is 6.26 Å². The normalized spacial score (nSPS) is 12.4. The molecule has 2 rings (SSSR count). The number of nitrogens with one attached hydrogen (secondary N) is 1. The second-order valence-electron chi connectivity index (χ2n) is 4.29. The van der Waals surface area contributed by atoms with Crippen molar-refractivity contribution in [2.24, 2.45) is 0 Å². The zero-order valence-electron chi connectivity index (χ0n) is 10.1. The molecule has 1 aromatic heterocycles. The molecule has 0 fully saturated rings. The average Bonchev–Trinajstić information content (AvgIpc) is 2.83. The SMILES string of the molecule is CC(CCc1ccco1)Nc1ccc(Br)cc1Cl. The summed E-state index contributed by atoms with van der Waals surface area (Å²) in [5.74, 6) is 1.02. The van der Waals surface area contributed by atoms with E-state index >= 15 is 0 Å². The lowest BCUT2D eigenvalue weighted by molar-refractivity contribution is 0.495. The molecular formula is C14H15BrClNO. The number of aryl methyl sites for hydroxylation is 1. The highest BCUT2D eigenvalue weighted by Gasteiger charge is 2.07. The van der Waals surface area contributed by atoms with Crippen LogP contribution in [0.3, 0.4) is 0 Å². The first-order chi connectivity index (χ1) is 8.65. The Balaban J connectivity index is 1.88. The fraction of sp³-hybridized carbons (Fsp3) is 0.286. The number of furan rings is 1. The Morgan fingerprint density at radius 2 is 2.22 bits per heavy atom. The van der Waals surface area contributed by atoms with Gasteiger partial charge in [-0.2, -0.15) is 0 Å². The van der Waals surface area contributed by atoms with E-state index in [1.165, 1.54) is 0 Å². The second-order valence-corrected chi connectivity index (χ2v) is 5.61. The van der Waals surface area contributed by atoms with Gasteiger partial charge in [-0.25, -0.2) is 0 Å². The molecule has 0 aliphatic heterocycles. The molecular weight excluding hydrogens is 314 g/mol. The van der Waals surface area contributed by atoms with Crippen LogP contribution in [0.4, 0.5) is 5.69 Å². The smallest absolute Gasteiger partial charge is 0.103 e. The fourth-order valence-electron chi connectivity index (χ4n) is 1.76. The van der Waals surface area contributed by atoms with Gasteiger partial charge in [-0.15, -0.1) is 0 Å². The lowest BCUT2D eigenvalue weighted by Crippen LogP contribution is -2.16. The molecule has 1 heterocycles. The highest BCUT2D eigenvalue weighted by molar-refractivity contribution is 9.10. The Kier molecular flexibility index (Phi) is 4.72. The van der Waals surface area contributed by atoms with Gasteiger partial charge in [0.15, 0.2) is 0 Å². The lowest BCUT2D eigenvalue weighted by Gasteiger charge is -2.15. The maximum atomic E-state index is 6.16. The molecule has 0 radical (unpaired) electrons. The summed E-state index contributed by atoms with van der Waals surface area (Å²) in [4.78, 5) is 0. The molecule has 1 N–H and O–H groups in total. The summed E-state index contributed by atoms with van der Waals surface area (Å²) in [7, 11) is 0. The van der Waals surface area contributed by atoms with Crippen molar-refractivity contribution in [1.29, 1.82) is 0 Å². The highest BCUT2D eigenvalue weighted by atomic mass is 79.9. The summed E-state index contributed by atoms with van der Waals surface area (Å²) >= 11 is 9.56. The van der Waals surface area contributed by atoms with Crippen molar-refractivity contribution < 1.29 is 4.42 Å². The predicted octanol–water partition coefficient (Wildman–Crippen LogP) is 5.13. The van der Waals surface area contributed by atoms with E-state index in [0.717, 1.165) is 33.8 Å². The largest absolute Gasteiger partial charge is 0.469 e. The Labute approximate surface area is 120 Å². The van der Waals surface area contributed by atoms with Gasteiger partial charge in [0.2, 0.25) is 0 Å². The van der Waals surface area contributed by atoms with Crippen molar-refractivity contribution in [2.75, 3.05) is 5.32 Å². The third-order valence-electron chi connectivity index (χ3n) is 2.74. The van der Waals surface area contributed by atoms with Gasteiger partial charge in [0.25, 0.3) is 0 Å². The molecule has 1 aromatic carbocycles. The summed E-state index contributed by atoms with van der Waals surface area (Å²) in [6.07, 6.45) is 3.63. The van der Waals surface area contributed by atoms with Crippen molar-refractivity contribution in [1.82, 2.24) is 0 Å². The maximum absolute atomic E-state index is 6.16. The predicted molar refractivity (Wildman–Crippen MR) is 79.3 cm³/mol. The van der Waals surface area contributed by atoms with E-state index in [1.807, 2.05) is 30.3 Å². The van der Waals surface area contributed by atoms with Crippen molar-refractivity contribution >= 4 is 33.2 Å². The van der Waals surface area contributed by atoms with Crippen molar-refractivity contribution in [3.05, 3.63) is 51.9 Å². The minimum Gasteiger partial charge on any atom is -0.469 e. The van der Waals surface area contributed by atoms with Crippen LogP contribution in [-0.4, -0.2) is 6.04 Å². The minimum atomic E-state index is 0.341. The molecule has 0 bridgehead atoms. The molecule has 96 valence electrons. The number of anilines is 1. The van der Waals surface area contributed by atoms with E-state index in [-0.39, 0.29) is 0 Å². The summed E-state index contributed by atoms with van der Waals surface area (Å²) in [5, 5.41) is 4.14.